The van der Waals surface area contributed by atoms with Gasteiger partial charge in [-0.2, -0.15) is 5.10 Å². The third-order valence-electron chi connectivity index (χ3n) is 4.45. The molecule has 5 N–H and O–H groups in total. The fourth-order valence-electron chi connectivity index (χ4n) is 2.72. The Kier molecular flexibility index (Phi) is 8.94. The molecule has 1 rings (SSSR count). The molecule has 0 radical (unpaired) electrons. The zero-order chi connectivity index (χ0) is 21.3. The number of carbonyl (C=O) groups excluding carboxylic acids is 3. The summed E-state index contributed by atoms with van der Waals surface area (Å²) in [5, 5.41) is 12.5. The lowest BCUT2D eigenvalue weighted by atomic mass is 9.93. The molecule has 0 bridgehead atoms. The number of amides is 4. The predicted molar refractivity (Wildman–Crippen MR) is 108 cm³/mol. The minimum Gasteiger partial charge on any atom is -0.355 e. The van der Waals surface area contributed by atoms with Crippen LogP contribution in [-0.4, -0.2) is 46.8 Å². The van der Waals surface area contributed by atoms with Crippen LogP contribution in [0, 0.1) is 5.41 Å². The number of nitrogens with zero attached hydrogens (tertiary/aromatic N) is 2. The van der Waals surface area contributed by atoms with Gasteiger partial charge in [0.2, 0.25) is 11.8 Å². The lowest BCUT2D eigenvalue weighted by Crippen LogP contribution is -2.51. The van der Waals surface area contributed by atoms with Crippen LogP contribution < -0.4 is 21.7 Å². The summed E-state index contributed by atoms with van der Waals surface area (Å²) in [7, 11) is 1.83. The lowest BCUT2D eigenvalue weighted by molar-refractivity contribution is -0.123. The van der Waals surface area contributed by atoms with Gasteiger partial charge in [-0.3, -0.25) is 14.3 Å². The van der Waals surface area contributed by atoms with Gasteiger partial charge in [-0.25, -0.2) is 4.79 Å². The average molecular weight is 395 g/mol. The Bertz CT molecular complexity index is 683. The number of urea groups is 1. The largest absolute Gasteiger partial charge is 0.355 e. The van der Waals surface area contributed by atoms with E-state index in [1.165, 1.54) is 0 Å². The molecule has 0 aliphatic heterocycles. The summed E-state index contributed by atoms with van der Waals surface area (Å²) in [5.41, 5.74) is 6.59. The van der Waals surface area contributed by atoms with Gasteiger partial charge in [-0.1, -0.05) is 34.1 Å². The molecule has 1 aromatic rings. The summed E-state index contributed by atoms with van der Waals surface area (Å²) >= 11 is 0. The van der Waals surface area contributed by atoms with E-state index in [0.29, 0.717) is 19.5 Å². The molecule has 4 amide bonds. The Morgan fingerprint density at radius 2 is 1.86 bits per heavy atom. The van der Waals surface area contributed by atoms with Crippen molar-refractivity contribution in [3.8, 4) is 0 Å². The second-order valence-corrected chi connectivity index (χ2v) is 7.79. The monoisotopic (exact) mass is 394 g/mol. The van der Waals surface area contributed by atoms with Gasteiger partial charge in [-0.05, 0) is 24.3 Å². The molecular weight excluding hydrogens is 360 g/mol. The van der Waals surface area contributed by atoms with Crippen molar-refractivity contribution in [1.82, 2.24) is 25.7 Å². The highest BCUT2D eigenvalue weighted by molar-refractivity contribution is 5.86. The molecule has 0 saturated carbocycles. The minimum absolute atomic E-state index is 0.0932. The first-order valence-corrected chi connectivity index (χ1v) is 9.70. The highest BCUT2D eigenvalue weighted by atomic mass is 16.2. The number of aryl methyl sites for hydroxylation is 2. The molecule has 1 atom stereocenters. The van der Waals surface area contributed by atoms with Gasteiger partial charge in [0.05, 0.1) is 12.1 Å². The molecule has 0 aliphatic rings. The number of hydrogen-bond acceptors (Lipinski definition) is 4. The van der Waals surface area contributed by atoms with E-state index >= 15 is 0 Å². The highest BCUT2D eigenvalue weighted by Gasteiger charge is 2.24. The van der Waals surface area contributed by atoms with E-state index < -0.39 is 12.1 Å². The first-order chi connectivity index (χ1) is 13.1. The maximum absolute atomic E-state index is 12.3. The smallest absolute Gasteiger partial charge is 0.312 e. The summed E-state index contributed by atoms with van der Waals surface area (Å²) in [5.74, 6) is -0.369. The third-order valence-corrected chi connectivity index (χ3v) is 4.45. The Morgan fingerprint density at radius 1 is 1.21 bits per heavy atom. The van der Waals surface area contributed by atoms with Crippen molar-refractivity contribution < 1.29 is 14.4 Å². The number of carbonyl (C=O) groups is 3. The van der Waals surface area contributed by atoms with Crippen LogP contribution in [0.3, 0.4) is 0 Å². The third kappa shape index (κ3) is 7.98. The number of hydrogen-bond donors (Lipinski definition) is 4. The molecule has 28 heavy (non-hydrogen) atoms. The van der Waals surface area contributed by atoms with Crippen LogP contribution >= 0.6 is 0 Å². The quantitative estimate of drug-likeness (QED) is 0.438. The normalized spacial score (nSPS) is 12.3. The van der Waals surface area contributed by atoms with Crippen molar-refractivity contribution >= 4 is 17.8 Å². The maximum Gasteiger partial charge on any atom is 0.312 e. The molecule has 0 aromatic carbocycles. The average Bonchev–Trinajstić information content (AvgIpc) is 2.97. The molecule has 1 aromatic heterocycles. The maximum atomic E-state index is 12.3. The van der Waals surface area contributed by atoms with Crippen LogP contribution in [0.1, 0.15) is 51.9 Å². The van der Waals surface area contributed by atoms with E-state index in [1.54, 1.807) is 4.68 Å². The number of nitrogens with one attached hydrogen (secondary N) is 3. The fourth-order valence-corrected chi connectivity index (χ4v) is 2.72. The first kappa shape index (κ1) is 23.5. The summed E-state index contributed by atoms with van der Waals surface area (Å²) in [6, 6.07) is 0.567. The molecule has 1 heterocycles. The van der Waals surface area contributed by atoms with Gasteiger partial charge in [0.15, 0.2) is 0 Å². The number of primary amides is 1. The topological polar surface area (TPSA) is 131 Å². The van der Waals surface area contributed by atoms with Crippen molar-refractivity contribution in [3.05, 3.63) is 17.5 Å². The number of aromatic nitrogens is 2. The number of rotatable bonds is 11. The van der Waals surface area contributed by atoms with Gasteiger partial charge in [0, 0.05) is 25.8 Å². The van der Waals surface area contributed by atoms with E-state index in [-0.39, 0.29) is 23.7 Å². The van der Waals surface area contributed by atoms with Crippen LogP contribution in [0.5, 0.6) is 0 Å². The minimum atomic E-state index is -0.721. The summed E-state index contributed by atoms with van der Waals surface area (Å²) in [4.78, 5) is 35.6. The van der Waals surface area contributed by atoms with Crippen molar-refractivity contribution in [2.75, 3.05) is 13.1 Å². The molecule has 0 unspecified atom stereocenters. The van der Waals surface area contributed by atoms with E-state index in [2.05, 4.69) is 21.0 Å². The van der Waals surface area contributed by atoms with Gasteiger partial charge in [0.25, 0.3) is 0 Å². The van der Waals surface area contributed by atoms with Crippen molar-refractivity contribution in [3.63, 3.8) is 0 Å². The number of nitrogens with two attached hydrogens (primary N) is 1. The van der Waals surface area contributed by atoms with Gasteiger partial charge in [0.1, 0.15) is 6.04 Å². The molecule has 158 valence electrons. The Labute approximate surface area is 166 Å². The summed E-state index contributed by atoms with van der Waals surface area (Å²) in [6.07, 6.45) is 2.33. The lowest BCUT2D eigenvalue weighted by Gasteiger charge is -2.27. The SMILES string of the molecule is CCC[C@@H](NC(N)=O)C(=O)NCC(C)(C)CNC(=O)Cc1cc(CC)nn1C. The second-order valence-electron chi connectivity index (χ2n) is 7.79. The standard InChI is InChI=1S/C19H34N6O3/c1-6-8-15(23-18(20)28)17(27)22-12-19(3,4)11-21-16(26)10-14-9-13(7-2)24-25(14)5/h9,15H,6-8,10-12H2,1-5H3,(H,21,26)(H,22,27)(H3,20,23,28)/t15-/m1/s1. The van der Waals surface area contributed by atoms with E-state index in [0.717, 1.165) is 24.2 Å². The molecular formula is C19H34N6O3. The molecule has 0 spiro atoms. The second kappa shape index (κ2) is 10.7. The Balaban J connectivity index is 2.49. The zero-order valence-corrected chi connectivity index (χ0v) is 17.6. The van der Waals surface area contributed by atoms with Gasteiger partial charge < -0.3 is 21.7 Å². The first-order valence-electron chi connectivity index (χ1n) is 9.70. The van der Waals surface area contributed by atoms with Crippen LogP contribution in [0.2, 0.25) is 0 Å². The summed E-state index contributed by atoms with van der Waals surface area (Å²) < 4.78 is 1.73. The molecule has 0 fully saturated rings. The molecule has 0 saturated heterocycles. The molecule has 0 aliphatic carbocycles. The van der Waals surface area contributed by atoms with Crippen molar-refractivity contribution in [2.45, 2.75) is 59.4 Å². The van der Waals surface area contributed by atoms with E-state index in [4.69, 9.17) is 5.73 Å². The molecule has 9 nitrogen and oxygen atoms in total. The van der Waals surface area contributed by atoms with Crippen molar-refractivity contribution in [2.24, 2.45) is 18.2 Å². The van der Waals surface area contributed by atoms with E-state index in [9.17, 15) is 14.4 Å². The van der Waals surface area contributed by atoms with Gasteiger partial charge in [-0.15, -0.1) is 0 Å². The van der Waals surface area contributed by atoms with Crippen LogP contribution in [0.25, 0.3) is 0 Å². The summed E-state index contributed by atoms with van der Waals surface area (Å²) in [6.45, 7) is 8.61. The van der Waals surface area contributed by atoms with Crippen LogP contribution in [-0.2, 0) is 29.5 Å². The fraction of sp³-hybridized carbons (Fsp3) is 0.684. The highest BCUT2D eigenvalue weighted by Crippen LogP contribution is 2.12. The van der Waals surface area contributed by atoms with E-state index in [1.807, 2.05) is 40.8 Å². The van der Waals surface area contributed by atoms with Crippen LogP contribution in [0.15, 0.2) is 6.07 Å². The predicted octanol–water partition coefficient (Wildman–Crippen LogP) is 0.621. The Hall–Kier alpha value is -2.58. The van der Waals surface area contributed by atoms with Gasteiger partial charge >= 0.3 is 6.03 Å². The molecule has 9 heteroatoms. The Morgan fingerprint density at radius 3 is 2.39 bits per heavy atom. The van der Waals surface area contributed by atoms with Crippen LogP contribution in [0.4, 0.5) is 4.79 Å². The van der Waals surface area contributed by atoms with Crippen molar-refractivity contribution in [1.29, 1.82) is 0 Å². The zero-order valence-electron chi connectivity index (χ0n) is 17.6.